The predicted molar refractivity (Wildman–Crippen MR) is 107 cm³/mol. The molecule has 3 aliphatic rings. The summed E-state index contributed by atoms with van der Waals surface area (Å²) in [7, 11) is 0. The van der Waals surface area contributed by atoms with Crippen LogP contribution in [0.4, 0.5) is 5.82 Å². The summed E-state index contributed by atoms with van der Waals surface area (Å²) in [5.74, 6) is 1.15. The molecule has 0 amide bonds. The molecule has 2 aromatic rings. The Labute approximate surface area is 167 Å². The van der Waals surface area contributed by atoms with Crippen molar-refractivity contribution in [1.82, 2.24) is 10.3 Å². The van der Waals surface area contributed by atoms with Gasteiger partial charge in [0.2, 0.25) is 5.76 Å². The Morgan fingerprint density at radius 3 is 2.59 bits per heavy atom. The first-order chi connectivity index (χ1) is 13.1. The van der Waals surface area contributed by atoms with E-state index in [2.05, 4.69) is 31.5 Å². The first-order valence-corrected chi connectivity index (χ1v) is 10.5. The van der Waals surface area contributed by atoms with Crippen LogP contribution in [0.1, 0.15) is 50.7 Å². The van der Waals surface area contributed by atoms with Gasteiger partial charge in [-0.25, -0.2) is 4.98 Å². The quantitative estimate of drug-likeness (QED) is 0.665. The Bertz CT molecular complexity index is 842. The summed E-state index contributed by atoms with van der Waals surface area (Å²) in [5, 5.41) is 25.4. The number of aliphatic hydroxyl groups excluding tert-OH is 1. The summed E-state index contributed by atoms with van der Waals surface area (Å²) in [5.41, 5.74) is 1.19. The van der Waals surface area contributed by atoms with Gasteiger partial charge in [0.15, 0.2) is 5.58 Å². The molecule has 0 atom stereocenters. The van der Waals surface area contributed by atoms with Gasteiger partial charge >= 0.3 is 0 Å². The Hall–Kier alpha value is -1.62. The Morgan fingerprint density at radius 1 is 1.30 bits per heavy atom. The van der Waals surface area contributed by atoms with Gasteiger partial charge in [0.05, 0.1) is 16.8 Å². The van der Waals surface area contributed by atoms with Gasteiger partial charge < -0.3 is 20.2 Å². The van der Waals surface area contributed by atoms with Crippen molar-refractivity contribution in [2.45, 2.75) is 57.1 Å². The van der Waals surface area contributed by atoms with Crippen molar-refractivity contribution >= 4 is 32.7 Å². The number of nitrogens with one attached hydrogen (secondary N) is 2. The van der Waals surface area contributed by atoms with Gasteiger partial charge in [-0.1, -0.05) is 19.3 Å². The maximum Gasteiger partial charge on any atom is 0.204 e. The van der Waals surface area contributed by atoms with Crippen LogP contribution in [0.3, 0.4) is 0 Å². The van der Waals surface area contributed by atoms with Crippen LogP contribution >= 0.6 is 15.9 Å². The van der Waals surface area contributed by atoms with Crippen molar-refractivity contribution < 1.29 is 9.52 Å². The number of aromatic nitrogens is 1. The first kappa shape index (κ1) is 18.7. The monoisotopic (exact) mass is 432 g/mol. The van der Waals surface area contributed by atoms with Crippen LogP contribution in [-0.4, -0.2) is 35.3 Å². The van der Waals surface area contributed by atoms with E-state index in [1.54, 1.807) is 12.3 Å². The minimum absolute atomic E-state index is 0.0251. The van der Waals surface area contributed by atoms with Crippen LogP contribution in [0.15, 0.2) is 21.2 Å². The molecule has 144 valence electrons. The largest absolute Gasteiger partial charge is 0.444 e. The fourth-order valence-corrected chi connectivity index (χ4v) is 4.81. The fourth-order valence-electron chi connectivity index (χ4n) is 4.28. The predicted octanol–water partition coefficient (Wildman–Crippen LogP) is 3.94. The van der Waals surface area contributed by atoms with Gasteiger partial charge in [0, 0.05) is 36.0 Å². The van der Waals surface area contributed by atoms with Gasteiger partial charge in [-0.15, -0.1) is 0 Å². The highest BCUT2D eigenvalue weighted by atomic mass is 79.9. The zero-order valence-electron chi connectivity index (χ0n) is 15.3. The highest BCUT2D eigenvalue weighted by Gasteiger charge is 2.47. The number of hydrogen-bond donors (Lipinski definition) is 3. The average molecular weight is 433 g/mol. The lowest BCUT2D eigenvalue weighted by Gasteiger charge is -2.52. The summed E-state index contributed by atoms with van der Waals surface area (Å²) in [6.07, 6.45) is 10.1. The number of furan rings is 1. The number of anilines is 1. The number of pyridine rings is 1. The summed E-state index contributed by atoms with van der Waals surface area (Å²) < 4.78 is 6.24. The molecular weight excluding hydrogens is 408 g/mol. The average Bonchev–Trinajstić information content (AvgIpc) is 3.06. The van der Waals surface area contributed by atoms with E-state index in [-0.39, 0.29) is 6.10 Å². The third kappa shape index (κ3) is 3.98. The number of halogens is 1. The van der Waals surface area contributed by atoms with E-state index < -0.39 is 0 Å². The van der Waals surface area contributed by atoms with E-state index in [4.69, 9.17) is 14.8 Å². The fraction of sp³-hybridized carbons (Fsp3) is 0.600. The number of aliphatic hydroxyl groups is 1. The lowest BCUT2D eigenvalue weighted by molar-refractivity contribution is -0.0635. The second kappa shape index (κ2) is 7.78. The van der Waals surface area contributed by atoms with E-state index >= 15 is 0 Å². The van der Waals surface area contributed by atoms with Gasteiger partial charge in [-0.05, 0) is 41.6 Å². The van der Waals surface area contributed by atoms with Crippen molar-refractivity contribution in [3.8, 4) is 6.07 Å². The Morgan fingerprint density at radius 2 is 2.04 bits per heavy atom. The molecule has 5 rings (SSSR count). The first-order valence-electron chi connectivity index (χ1n) is 9.72. The minimum atomic E-state index is 0.0251. The van der Waals surface area contributed by atoms with E-state index in [0.29, 0.717) is 22.8 Å². The number of hydrogen-bond acceptors (Lipinski definition) is 6. The van der Waals surface area contributed by atoms with E-state index in [1.165, 1.54) is 32.1 Å². The van der Waals surface area contributed by atoms with Crippen LogP contribution in [0, 0.1) is 16.7 Å². The summed E-state index contributed by atoms with van der Waals surface area (Å²) in [4.78, 5) is 4.39. The van der Waals surface area contributed by atoms with Crippen molar-refractivity contribution in [1.29, 1.82) is 5.26 Å². The topological polar surface area (TPSA) is 94.1 Å². The molecule has 7 heteroatoms. The van der Waals surface area contributed by atoms with Crippen LogP contribution < -0.4 is 10.6 Å². The molecule has 6 nitrogen and oxygen atoms in total. The maximum atomic E-state index is 8.92. The lowest BCUT2D eigenvalue weighted by atomic mass is 9.63. The van der Waals surface area contributed by atoms with Crippen LogP contribution in [0.25, 0.3) is 11.0 Å². The third-order valence-corrected chi connectivity index (χ3v) is 6.71. The highest BCUT2D eigenvalue weighted by Crippen LogP contribution is 2.43. The maximum absolute atomic E-state index is 8.92. The molecule has 3 fully saturated rings. The molecule has 1 spiro atoms. The van der Waals surface area contributed by atoms with Crippen molar-refractivity contribution in [3.63, 3.8) is 0 Å². The van der Waals surface area contributed by atoms with Crippen LogP contribution in [-0.2, 0) is 0 Å². The van der Waals surface area contributed by atoms with Crippen molar-refractivity contribution in [2.24, 2.45) is 5.41 Å². The minimum Gasteiger partial charge on any atom is -0.444 e. The molecule has 0 aromatic carbocycles. The van der Waals surface area contributed by atoms with Crippen LogP contribution in [0.5, 0.6) is 0 Å². The van der Waals surface area contributed by atoms with Gasteiger partial charge in [-0.2, -0.15) is 5.26 Å². The number of nitriles is 1. The zero-order chi connectivity index (χ0) is 18.9. The second-order valence-corrected chi connectivity index (χ2v) is 8.86. The summed E-state index contributed by atoms with van der Waals surface area (Å²) >= 11 is 3.56. The van der Waals surface area contributed by atoms with E-state index in [0.717, 1.165) is 41.6 Å². The van der Waals surface area contributed by atoms with E-state index in [9.17, 15) is 0 Å². The molecular formula is C20H25BrN4O2. The molecule has 3 N–H and O–H groups in total. The smallest absolute Gasteiger partial charge is 0.204 e. The second-order valence-electron chi connectivity index (χ2n) is 8.07. The van der Waals surface area contributed by atoms with Gasteiger partial charge in [-0.3, -0.25) is 0 Å². The van der Waals surface area contributed by atoms with Gasteiger partial charge in [0.25, 0.3) is 0 Å². The zero-order valence-corrected chi connectivity index (χ0v) is 16.9. The molecule has 0 bridgehead atoms. The van der Waals surface area contributed by atoms with Crippen molar-refractivity contribution in [3.05, 3.63) is 22.5 Å². The molecule has 3 heterocycles. The summed E-state index contributed by atoms with van der Waals surface area (Å²) in [6, 6.07) is 4.25. The molecule has 0 radical (unpaired) electrons. The molecule has 1 aliphatic heterocycles. The molecule has 2 aromatic heterocycles. The number of fused-ring (bicyclic) bond motifs is 1. The normalized spacial score (nSPS) is 21.7. The van der Waals surface area contributed by atoms with Gasteiger partial charge in [0.1, 0.15) is 11.9 Å². The number of rotatable bonds is 2. The summed E-state index contributed by atoms with van der Waals surface area (Å²) in [6.45, 7) is 2.29. The third-order valence-electron chi connectivity index (χ3n) is 5.91. The van der Waals surface area contributed by atoms with Crippen LogP contribution in [0.2, 0.25) is 0 Å². The Balaban J connectivity index is 0.000000186. The SMILES string of the molecule is N#Cc1cc2c(Br)c(NC3CCCCC3)ncc2o1.OC1CC2(CNC2)C1. The lowest BCUT2D eigenvalue weighted by Crippen LogP contribution is -2.61. The molecule has 2 saturated carbocycles. The molecule has 1 saturated heterocycles. The van der Waals surface area contributed by atoms with E-state index in [1.807, 2.05) is 6.07 Å². The highest BCUT2D eigenvalue weighted by molar-refractivity contribution is 9.10. The molecule has 0 unspecified atom stereocenters. The standard InChI is InChI=1S/C14H14BrN3O.C6H11NO/c15-13-11-6-10(7-16)19-12(11)8-17-14(13)18-9-4-2-1-3-5-9;8-5-1-6(2-5)3-7-4-6/h6,8-9H,1-5H2,(H,17,18);5,7-8H,1-4H2. The van der Waals surface area contributed by atoms with Crippen molar-refractivity contribution in [2.75, 3.05) is 18.4 Å². The molecule has 2 aliphatic carbocycles. The number of nitrogens with zero attached hydrogens (tertiary/aromatic N) is 2. The Kier molecular flexibility index (Phi) is 5.40. The molecule has 27 heavy (non-hydrogen) atoms.